The Labute approximate surface area is 186 Å². The first-order valence-electron chi connectivity index (χ1n) is 9.80. The molecular weight excluding hydrogens is 424 g/mol. The first-order chi connectivity index (χ1) is 14.3. The maximum atomic E-state index is 12.3. The Morgan fingerprint density at radius 3 is 2.83 bits per heavy atom. The van der Waals surface area contributed by atoms with Gasteiger partial charge in [-0.2, -0.15) is 0 Å². The zero-order valence-corrected chi connectivity index (χ0v) is 19.2. The van der Waals surface area contributed by atoms with Crippen LogP contribution >= 0.6 is 23.5 Å². The molecule has 0 atom stereocenters. The lowest BCUT2D eigenvalue weighted by Gasteiger charge is -2.29. The molecule has 1 amide bonds. The minimum Gasteiger partial charge on any atom is -0.444 e. The van der Waals surface area contributed by atoms with E-state index in [1.54, 1.807) is 29.1 Å². The Hall–Kier alpha value is -2.10. The highest BCUT2D eigenvalue weighted by Gasteiger charge is 2.25. The molecule has 1 aliphatic heterocycles. The fourth-order valence-corrected chi connectivity index (χ4v) is 3.54. The van der Waals surface area contributed by atoms with Crippen LogP contribution in [0.4, 0.5) is 10.6 Å². The normalized spacial score (nSPS) is 14.6. The summed E-state index contributed by atoms with van der Waals surface area (Å²) in [6.45, 7) is 7.35. The van der Waals surface area contributed by atoms with Crippen LogP contribution in [-0.4, -0.2) is 64.0 Å². The molecule has 2 aromatic rings. The van der Waals surface area contributed by atoms with Crippen molar-refractivity contribution in [3.05, 3.63) is 29.3 Å². The van der Waals surface area contributed by atoms with E-state index < -0.39 is 5.60 Å². The van der Waals surface area contributed by atoms with Gasteiger partial charge in [-0.3, -0.25) is 4.72 Å². The fourth-order valence-electron chi connectivity index (χ4n) is 2.97. The van der Waals surface area contributed by atoms with Crippen molar-refractivity contribution in [3.63, 3.8) is 0 Å². The van der Waals surface area contributed by atoms with Crippen molar-refractivity contribution in [2.24, 2.45) is 0 Å². The molecule has 10 heteroatoms. The lowest BCUT2D eigenvalue weighted by atomic mass is 10.1. The zero-order valence-electron chi connectivity index (χ0n) is 17.7. The van der Waals surface area contributed by atoms with Gasteiger partial charge in [0, 0.05) is 30.8 Å². The minimum atomic E-state index is -0.511. The van der Waals surface area contributed by atoms with Gasteiger partial charge in [-0.05, 0) is 45.9 Å². The number of anilines is 1. The molecule has 3 rings (SSSR count). The van der Waals surface area contributed by atoms with Crippen LogP contribution in [-0.2, 0) is 4.74 Å². The molecule has 2 aromatic heterocycles. The first-order valence-corrected chi connectivity index (χ1v) is 11.2. The number of carbonyl (C=O) groups is 1. The summed E-state index contributed by atoms with van der Waals surface area (Å²) in [5, 5.41) is 4.60. The lowest BCUT2D eigenvalue weighted by molar-refractivity contribution is 0.0270. The fraction of sp³-hybridized carbons (Fsp3) is 0.500. The van der Waals surface area contributed by atoms with Gasteiger partial charge in [0.2, 0.25) is 0 Å². The van der Waals surface area contributed by atoms with E-state index in [4.69, 9.17) is 21.3 Å². The van der Waals surface area contributed by atoms with Crippen molar-refractivity contribution in [2.75, 3.05) is 37.8 Å². The SMILES string of the molecule is CNSCCNc1nc(C2=CCN(C(=O)OC(C)(C)C)CC2)nc2cnc(Cl)cc12. The first kappa shape index (κ1) is 22.6. The molecule has 0 spiro atoms. The number of halogens is 1. The van der Waals surface area contributed by atoms with Crippen LogP contribution in [0.3, 0.4) is 0 Å². The highest BCUT2D eigenvalue weighted by atomic mass is 35.5. The van der Waals surface area contributed by atoms with Crippen LogP contribution in [0.2, 0.25) is 5.15 Å². The standard InChI is InChI=1S/C20H27ClN6O2S/c1-20(2,3)29-19(28)27-8-5-13(6-9-27)17-25-15-12-24-16(21)11-14(15)18(26-17)23-7-10-30-22-4/h5,11-12,22H,6-10H2,1-4H3,(H,23,25,26). The molecule has 0 bridgehead atoms. The summed E-state index contributed by atoms with van der Waals surface area (Å²) in [4.78, 5) is 27.6. The number of nitrogens with one attached hydrogen (secondary N) is 2. The van der Waals surface area contributed by atoms with E-state index in [0.717, 1.165) is 34.6 Å². The Bertz CT molecular complexity index is 947. The summed E-state index contributed by atoms with van der Waals surface area (Å²) < 4.78 is 8.51. The van der Waals surface area contributed by atoms with E-state index >= 15 is 0 Å². The topological polar surface area (TPSA) is 92.3 Å². The molecule has 3 heterocycles. The van der Waals surface area contributed by atoms with E-state index in [1.807, 2.05) is 33.9 Å². The summed E-state index contributed by atoms with van der Waals surface area (Å²) >= 11 is 7.70. The van der Waals surface area contributed by atoms with Crippen molar-refractivity contribution in [1.29, 1.82) is 0 Å². The predicted octanol–water partition coefficient (Wildman–Crippen LogP) is 3.98. The molecule has 0 aliphatic carbocycles. The van der Waals surface area contributed by atoms with Gasteiger partial charge < -0.3 is 15.0 Å². The number of fused-ring (bicyclic) bond motifs is 1. The number of amides is 1. The third-order valence-electron chi connectivity index (χ3n) is 4.34. The van der Waals surface area contributed by atoms with Gasteiger partial charge in [0.05, 0.1) is 11.7 Å². The van der Waals surface area contributed by atoms with E-state index in [1.165, 1.54) is 0 Å². The molecule has 0 unspecified atom stereocenters. The molecule has 8 nitrogen and oxygen atoms in total. The number of aromatic nitrogens is 3. The predicted molar refractivity (Wildman–Crippen MR) is 123 cm³/mol. The molecule has 162 valence electrons. The Morgan fingerprint density at radius 1 is 1.37 bits per heavy atom. The number of carbonyl (C=O) groups excluding carboxylic acids is 1. The molecule has 30 heavy (non-hydrogen) atoms. The van der Waals surface area contributed by atoms with Crippen LogP contribution < -0.4 is 10.0 Å². The van der Waals surface area contributed by atoms with Crippen LogP contribution in [0.15, 0.2) is 18.3 Å². The van der Waals surface area contributed by atoms with Gasteiger partial charge >= 0.3 is 6.09 Å². The molecule has 0 fully saturated rings. The second-order valence-corrected chi connectivity index (χ2v) is 9.30. The van der Waals surface area contributed by atoms with E-state index in [2.05, 4.69) is 20.0 Å². The van der Waals surface area contributed by atoms with Crippen LogP contribution in [0.1, 0.15) is 33.0 Å². The van der Waals surface area contributed by atoms with Crippen LogP contribution in [0.25, 0.3) is 16.5 Å². The van der Waals surface area contributed by atoms with Crippen molar-refractivity contribution in [3.8, 4) is 0 Å². The number of pyridine rings is 1. The summed E-state index contributed by atoms with van der Waals surface area (Å²) in [5.74, 6) is 2.25. The number of ether oxygens (including phenoxy) is 1. The maximum Gasteiger partial charge on any atom is 0.410 e. The molecule has 0 aromatic carbocycles. The zero-order chi connectivity index (χ0) is 21.7. The maximum absolute atomic E-state index is 12.3. The van der Waals surface area contributed by atoms with Gasteiger partial charge in [0.1, 0.15) is 16.6 Å². The van der Waals surface area contributed by atoms with E-state index in [9.17, 15) is 4.79 Å². The minimum absolute atomic E-state index is 0.305. The van der Waals surface area contributed by atoms with E-state index in [-0.39, 0.29) is 6.09 Å². The van der Waals surface area contributed by atoms with Gasteiger partial charge in [-0.15, -0.1) is 0 Å². The Morgan fingerprint density at radius 2 is 2.17 bits per heavy atom. The molecule has 1 aliphatic rings. The number of rotatable bonds is 6. The number of hydrogen-bond donors (Lipinski definition) is 2. The average Bonchev–Trinajstić information content (AvgIpc) is 2.70. The van der Waals surface area contributed by atoms with Gasteiger partial charge in [-0.1, -0.05) is 29.6 Å². The Balaban J connectivity index is 1.82. The third kappa shape index (κ3) is 5.96. The second-order valence-electron chi connectivity index (χ2n) is 7.81. The summed E-state index contributed by atoms with van der Waals surface area (Å²) in [6, 6.07) is 1.77. The highest BCUT2D eigenvalue weighted by Crippen LogP contribution is 2.27. The molecule has 0 saturated carbocycles. The smallest absolute Gasteiger partial charge is 0.410 e. The summed E-state index contributed by atoms with van der Waals surface area (Å²) in [6.07, 6.45) is 3.99. The summed E-state index contributed by atoms with van der Waals surface area (Å²) in [7, 11) is 1.89. The largest absolute Gasteiger partial charge is 0.444 e. The molecular formula is C20H27ClN6O2S. The molecule has 0 saturated heterocycles. The van der Waals surface area contributed by atoms with Crippen molar-refractivity contribution in [1.82, 2.24) is 24.6 Å². The second kappa shape index (κ2) is 9.80. The number of hydrogen-bond acceptors (Lipinski definition) is 8. The van der Waals surface area contributed by atoms with Gasteiger partial charge in [0.25, 0.3) is 0 Å². The van der Waals surface area contributed by atoms with Gasteiger partial charge in [-0.25, -0.2) is 19.7 Å². The summed E-state index contributed by atoms with van der Waals surface area (Å²) in [5.41, 5.74) is 1.21. The van der Waals surface area contributed by atoms with Crippen LogP contribution in [0, 0.1) is 0 Å². The molecule has 2 N–H and O–H groups in total. The monoisotopic (exact) mass is 450 g/mol. The van der Waals surface area contributed by atoms with Crippen molar-refractivity contribution < 1.29 is 9.53 Å². The number of nitrogens with zero attached hydrogens (tertiary/aromatic N) is 4. The highest BCUT2D eigenvalue weighted by molar-refractivity contribution is 7.97. The van der Waals surface area contributed by atoms with Crippen molar-refractivity contribution >= 4 is 51.9 Å². The lowest BCUT2D eigenvalue weighted by Crippen LogP contribution is -2.39. The van der Waals surface area contributed by atoms with E-state index in [0.29, 0.717) is 30.5 Å². The third-order valence-corrected chi connectivity index (χ3v) is 5.24. The van der Waals surface area contributed by atoms with Crippen LogP contribution in [0.5, 0.6) is 0 Å². The van der Waals surface area contributed by atoms with Gasteiger partial charge in [0.15, 0.2) is 5.82 Å². The quantitative estimate of drug-likeness (QED) is 0.388. The average molecular weight is 451 g/mol. The Kier molecular flexibility index (Phi) is 7.38. The molecule has 0 radical (unpaired) electrons. The van der Waals surface area contributed by atoms with Crippen molar-refractivity contribution in [2.45, 2.75) is 32.8 Å².